The monoisotopic (exact) mass is 399 g/mol. The zero-order chi connectivity index (χ0) is 20.1. The summed E-state index contributed by atoms with van der Waals surface area (Å²) in [6, 6.07) is 14.6. The van der Waals surface area contributed by atoms with E-state index in [0.29, 0.717) is 22.8 Å². The molecule has 2 aromatic rings. The molecule has 8 heteroatoms. The number of carboxylic acids is 1. The molecule has 0 aliphatic carbocycles. The molecule has 1 aliphatic rings. The fraction of sp³-hybridized carbons (Fsp3) is 0.150. The van der Waals surface area contributed by atoms with Crippen LogP contribution in [0.2, 0.25) is 0 Å². The maximum Gasteiger partial charge on any atom is 0.323 e. The van der Waals surface area contributed by atoms with Crippen molar-refractivity contribution in [3.63, 3.8) is 0 Å². The summed E-state index contributed by atoms with van der Waals surface area (Å²) in [5.74, 6) is -0.396. The quantitative estimate of drug-likeness (QED) is 0.713. The Kier molecular flexibility index (Phi) is 6.00. The molecule has 0 atom stereocenters. The smallest absolute Gasteiger partial charge is 0.323 e. The number of thioether (sulfide) groups is 1. The Morgan fingerprint density at radius 3 is 2.32 bits per heavy atom. The van der Waals surface area contributed by atoms with Gasteiger partial charge in [-0.05, 0) is 53.2 Å². The molecule has 7 nitrogen and oxygen atoms in total. The van der Waals surface area contributed by atoms with E-state index >= 15 is 0 Å². The first-order valence-electron chi connectivity index (χ1n) is 8.29. The van der Waals surface area contributed by atoms with E-state index in [0.717, 1.165) is 23.1 Å². The largest absolute Gasteiger partial charge is 0.497 e. The Hall–Kier alpha value is -3.26. The van der Waals surface area contributed by atoms with Crippen molar-refractivity contribution in [3.8, 4) is 11.5 Å². The van der Waals surface area contributed by atoms with Crippen molar-refractivity contribution < 1.29 is 29.0 Å². The lowest BCUT2D eigenvalue weighted by atomic mass is 10.2. The third kappa shape index (κ3) is 4.72. The topological polar surface area (TPSA) is 93.1 Å². The summed E-state index contributed by atoms with van der Waals surface area (Å²) < 4.78 is 10.8. The second kappa shape index (κ2) is 8.62. The van der Waals surface area contributed by atoms with Gasteiger partial charge in [-0.2, -0.15) is 0 Å². The number of hydrogen-bond donors (Lipinski definition) is 1. The van der Waals surface area contributed by atoms with Gasteiger partial charge in [-0.15, -0.1) is 0 Å². The number of carbonyl (C=O) groups is 3. The Morgan fingerprint density at radius 1 is 1.07 bits per heavy atom. The first kappa shape index (κ1) is 19.5. The van der Waals surface area contributed by atoms with Gasteiger partial charge in [-0.3, -0.25) is 19.3 Å². The highest BCUT2D eigenvalue weighted by Gasteiger charge is 2.36. The summed E-state index contributed by atoms with van der Waals surface area (Å²) in [5, 5.41) is 8.19. The average molecular weight is 399 g/mol. The molecular formula is C20H17NO6S. The number of hydrogen-bond acceptors (Lipinski definition) is 6. The van der Waals surface area contributed by atoms with Crippen LogP contribution in [0.5, 0.6) is 11.5 Å². The number of amides is 2. The van der Waals surface area contributed by atoms with Crippen molar-refractivity contribution in [1.82, 2.24) is 4.90 Å². The van der Waals surface area contributed by atoms with Crippen molar-refractivity contribution in [2.45, 2.75) is 6.61 Å². The molecule has 0 saturated carbocycles. The van der Waals surface area contributed by atoms with Crippen molar-refractivity contribution in [1.29, 1.82) is 0 Å². The number of rotatable bonds is 7. The molecule has 0 spiro atoms. The molecule has 144 valence electrons. The number of benzene rings is 2. The van der Waals surface area contributed by atoms with Gasteiger partial charge >= 0.3 is 5.97 Å². The number of methoxy groups -OCH3 is 1. The minimum atomic E-state index is -1.23. The van der Waals surface area contributed by atoms with Gasteiger partial charge in [-0.25, -0.2) is 0 Å². The van der Waals surface area contributed by atoms with E-state index in [2.05, 4.69) is 0 Å². The van der Waals surface area contributed by atoms with Crippen LogP contribution >= 0.6 is 11.8 Å². The maximum absolute atomic E-state index is 12.1. The lowest BCUT2D eigenvalue weighted by Crippen LogP contribution is -2.33. The summed E-state index contributed by atoms with van der Waals surface area (Å²) in [4.78, 5) is 35.6. The number of nitrogens with zero attached hydrogens (tertiary/aromatic N) is 1. The summed E-state index contributed by atoms with van der Waals surface area (Å²) in [6.45, 7) is -0.239. The molecule has 1 saturated heterocycles. The second-order valence-corrected chi connectivity index (χ2v) is 6.86. The van der Waals surface area contributed by atoms with E-state index in [1.54, 1.807) is 37.5 Å². The predicted molar refractivity (Wildman–Crippen MR) is 104 cm³/mol. The van der Waals surface area contributed by atoms with Gasteiger partial charge in [0.15, 0.2) is 0 Å². The first-order valence-corrected chi connectivity index (χ1v) is 9.11. The lowest BCUT2D eigenvalue weighted by Gasteiger charge is -2.08. The van der Waals surface area contributed by atoms with Crippen LogP contribution in [0.1, 0.15) is 11.1 Å². The fourth-order valence-electron chi connectivity index (χ4n) is 2.47. The summed E-state index contributed by atoms with van der Waals surface area (Å²) in [6.07, 6.45) is 1.56. The van der Waals surface area contributed by atoms with Crippen LogP contribution in [-0.2, 0) is 16.2 Å². The minimum absolute atomic E-state index is 0.193. The molecule has 2 aromatic carbocycles. The van der Waals surface area contributed by atoms with Crippen LogP contribution in [0, 0.1) is 0 Å². The standard InChI is InChI=1S/C20H17NO6S/c1-26-15-6-4-14(5-7-15)12-27-16-8-2-13(3-9-16)10-17-19(24)21(11-18(22)23)20(25)28-17/h2-10H,11-12H2,1H3,(H,22,23)/b17-10-. The molecule has 0 bridgehead atoms. The fourth-order valence-corrected chi connectivity index (χ4v) is 3.31. The number of ether oxygens (including phenoxy) is 2. The van der Waals surface area contributed by atoms with Gasteiger partial charge in [0, 0.05) is 0 Å². The Balaban J connectivity index is 1.62. The maximum atomic E-state index is 12.1. The normalized spacial score (nSPS) is 15.2. The second-order valence-electron chi connectivity index (χ2n) is 5.87. The zero-order valence-corrected chi connectivity index (χ0v) is 15.8. The van der Waals surface area contributed by atoms with Gasteiger partial charge in [0.25, 0.3) is 11.1 Å². The SMILES string of the molecule is COc1ccc(COc2ccc(/C=C3\SC(=O)N(CC(=O)O)C3=O)cc2)cc1. The first-order chi connectivity index (χ1) is 13.5. The van der Waals surface area contributed by atoms with Crippen molar-refractivity contribution in [3.05, 3.63) is 64.6 Å². The summed E-state index contributed by atoms with van der Waals surface area (Å²) >= 11 is 0.727. The van der Waals surface area contributed by atoms with E-state index < -0.39 is 23.7 Å². The highest BCUT2D eigenvalue weighted by atomic mass is 32.2. The molecule has 28 heavy (non-hydrogen) atoms. The minimum Gasteiger partial charge on any atom is -0.497 e. The molecule has 1 heterocycles. The van der Waals surface area contributed by atoms with Crippen LogP contribution in [0.3, 0.4) is 0 Å². The predicted octanol–water partition coefficient (Wildman–Crippen LogP) is 3.40. The molecule has 2 amide bonds. The molecule has 0 aromatic heterocycles. The van der Waals surface area contributed by atoms with Crippen molar-refractivity contribution in [2.75, 3.05) is 13.7 Å². The van der Waals surface area contributed by atoms with E-state index in [1.165, 1.54) is 0 Å². The number of carboxylic acid groups (broad SMARTS) is 1. The van der Waals surface area contributed by atoms with E-state index in [4.69, 9.17) is 14.6 Å². The molecule has 1 aliphatic heterocycles. The molecular weight excluding hydrogens is 382 g/mol. The van der Waals surface area contributed by atoms with Gasteiger partial charge < -0.3 is 14.6 Å². The Bertz CT molecular complexity index is 921. The third-order valence-corrected chi connectivity index (χ3v) is 4.82. The van der Waals surface area contributed by atoms with Crippen LogP contribution in [0.15, 0.2) is 53.4 Å². The van der Waals surface area contributed by atoms with Gasteiger partial charge in [0.1, 0.15) is 24.7 Å². The molecule has 0 unspecified atom stereocenters. The van der Waals surface area contributed by atoms with Gasteiger partial charge in [0.05, 0.1) is 12.0 Å². The number of imide groups is 1. The van der Waals surface area contributed by atoms with Gasteiger partial charge in [-0.1, -0.05) is 24.3 Å². The average Bonchev–Trinajstić information content (AvgIpc) is 2.95. The van der Waals surface area contributed by atoms with Crippen LogP contribution in [-0.4, -0.2) is 40.8 Å². The zero-order valence-electron chi connectivity index (χ0n) is 15.0. The van der Waals surface area contributed by atoms with E-state index in [9.17, 15) is 14.4 Å². The summed E-state index contributed by atoms with van der Waals surface area (Å²) in [7, 11) is 1.61. The highest BCUT2D eigenvalue weighted by molar-refractivity contribution is 8.18. The van der Waals surface area contributed by atoms with Crippen LogP contribution in [0.4, 0.5) is 4.79 Å². The number of aliphatic carboxylic acids is 1. The molecule has 0 radical (unpaired) electrons. The third-order valence-electron chi connectivity index (χ3n) is 3.91. The number of carbonyl (C=O) groups excluding carboxylic acids is 2. The molecule has 1 fully saturated rings. The highest BCUT2D eigenvalue weighted by Crippen LogP contribution is 2.32. The van der Waals surface area contributed by atoms with E-state index in [1.807, 2.05) is 24.3 Å². The van der Waals surface area contributed by atoms with Crippen LogP contribution in [0.25, 0.3) is 6.08 Å². The van der Waals surface area contributed by atoms with Crippen molar-refractivity contribution >= 4 is 35.0 Å². The Labute approximate surface area is 165 Å². The summed E-state index contributed by atoms with van der Waals surface area (Å²) in [5.41, 5.74) is 1.70. The van der Waals surface area contributed by atoms with Crippen molar-refractivity contribution in [2.24, 2.45) is 0 Å². The molecule has 3 rings (SSSR count). The van der Waals surface area contributed by atoms with Crippen LogP contribution < -0.4 is 9.47 Å². The lowest BCUT2D eigenvalue weighted by molar-refractivity contribution is -0.140. The molecule has 1 N–H and O–H groups in total. The van der Waals surface area contributed by atoms with E-state index in [-0.39, 0.29) is 4.91 Å². The Morgan fingerprint density at radius 2 is 1.71 bits per heavy atom. The van der Waals surface area contributed by atoms with Gasteiger partial charge in [0.2, 0.25) is 0 Å².